The summed E-state index contributed by atoms with van der Waals surface area (Å²) in [6.45, 7) is 0.686. The van der Waals surface area contributed by atoms with Gasteiger partial charge in [0.15, 0.2) is 0 Å². The van der Waals surface area contributed by atoms with Crippen LogP contribution in [0, 0.1) is 11.7 Å². The summed E-state index contributed by atoms with van der Waals surface area (Å²) in [5.41, 5.74) is 1.50. The van der Waals surface area contributed by atoms with Crippen molar-refractivity contribution in [3.63, 3.8) is 0 Å². The van der Waals surface area contributed by atoms with E-state index in [1.165, 1.54) is 13.2 Å². The number of hydrogen-bond donors (Lipinski definition) is 1. The van der Waals surface area contributed by atoms with Crippen LogP contribution in [0.5, 0.6) is 0 Å². The molecule has 0 radical (unpaired) electrons. The number of anilines is 1. The first kappa shape index (κ1) is 10.9. The Kier molecular flexibility index (Phi) is 3.08. The number of nitrogens with one attached hydrogen (secondary N) is 1. The molecule has 16 heavy (non-hydrogen) atoms. The minimum Gasteiger partial charge on any atom is -0.469 e. The number of methoxy groups -OCH3 is 1. The molecule has 0 spiro atoms. The van der Waals surface area contributed by atoms with Gasteiger partial charge in [-0.3, -0.25) is 4.79 Å². The molecule has 1 unspecified atom stereocenters. The zero-order valence-electron chi connectivity index (χ0n) is 9.13. The summed E-state index contributed by atoms with van der Waals surface area (Å²) in [6.07, 6.45) is 0.918. The Morgan fingerprint density at radius 3 is 3.19 bits per heavy atom. The first-order valence-electron chi connectivity index (χ1n) is 5.28. The molecule has 4 heteroatoms. The van der Waals surface area contributed by atoms with Crippen LogP contribution in [0.4, 0.5) is 10.1 Å². The Morgan fingerprint density at radius 1 is 1.62 bits per heavy atom. The molecule has 0 aliphatic carbocycles. The average molecular weight is 223 g/mol. The fraction of sp³-hybridized carbons (Fsp3) is 0.417. The lowest BCUT2D eigenvalue weighted by molar-refractivity contribution is -0.141. The van der Waals surface area contributed by atoms with Gasteiger partial charge in [0.2, 0.25) is 0 Å². The first-order valence-corrected chi connectivity index (χ1v) is 5.28. The number of halogens is 1. The Balaban J connectivity index is 2.11. The van der Waals surface area contributed by atoms with Gasteiger partial charge in [0, 0.05) is 17.8 Å². The molecule has 0 fully saturated rings. The van der Waals surface area contributed by atoms with E-state index in [1.54, 1.807) is 6.07 Å². The zero-order valence-corrected chi connectivity index (χ0v) is 9.13. The van der Waals surface area contributed by atoms with Crippen molar-refractivity contribution in [1.82, 2.24) is 0 Å². The van der Waals surface area contributed by atoms with E-state index < -0.39 is 0 Å². The van der Waals surface area contributed by atoms with Gasteiger partial charge in [-0.15, -0.1) is 0 Å². The minimum atomic E-state index is -0.244. The van der Waals surface area contributed by atoms with Crippen molar-refractivity contribution >= 4 is 11.7 Å². The maximum absolute atomic E-state index is 13.5. The summed E-state index contributed by atoms with van der Waals surface area (Å²) < 4.78 is 18.1. The van der Waals surface area contributed by atoms with Crippen LogP contribution in [0.15, 0.2) is 18.2 Å². The molecular formula is C12H14FNO2. The second-order valence-corrected chi connectivity index (χ2v) is 4.00. The van der Waals surface area contributed by atoms with Gasteiger partial charge >= 0.3 is 5.97 Å². The molecule has 1 aliphatic heterocycles. The van der Waals surface area contributed by atoms with E-state index in [-0.39, 0.29) is 17.7 Å². The summed E-state index contributed by atoms with van der Waals surface area (Å²) in [5, 5.41) is 3.14. The molecule has 1 aromatic carbocycles. The van der Waals surface area contributed by atoms with E-state index in [2.05, 4.69) is 10.1 Å². The fourth-order valence-electron chi connectivity index (χ4n) is 2.01. The van der Waals surface area contributed by atoms with Gasteiger partial charge in [0.1, 0.15) is 5.82 Å². The van der Waals surface area contributed by atoms with Gasteiger partial charge in [-0.05, 0) is 24.5 Å². The van der Waals surface area contributed by atoms with Gasteiger partial charge in [-0.1, -0.05) is 6.07 Å². The van der Waals surface area contributed by atoms with Crippen molar-refractivity contribution in [2.24, 2.45) is 5.92 Å². The lowest BCUT2D eigenvalue weighted by Crippen LogP contribution is -2.26. The zero-order chi connectivity index (χ0) is 11.5. The SMILES string of the molecule is COC(=O)CC1CNc2cccc(F)c2C1. The molecule has 0 aromatic heterocycles. The second-order valence-electron chi connectivity index (χ2n) is 4.00. The summed E-state index contributed by atoms with van der Waals surface area (Å²) >= 11 is 0. The predicted octanol–water partition coefficient (Wildman–Crippen LogP) is 1.97. The molecule has 1 heterocycles. The molecule has 1 atom stereocenters. The van der Waals surface area contributed by atoms with Crippen LogP contribution in [-0.4, -0.2) is 19.6 Å². The molecule has 1 aliphatic rings. The van der Waals surface area contributed by atoms with E-state index in [0.29, 0.717) is 24.9 Å². The van der Waals surface area contributed by atoms with Gasteiger partial charge in [-0.25, -0.2) is 4.39 Å². The minimum absolute atomic E-state index is 0.108. The highest BCUT2D eigenvalue weighted by atomic mass is 19.1. The maximum atomic E-state index is 13.5. The van der Waals surface area contributed by atoms with E-state index in [0.717, 1.165) is 5.69 Å². The van der Waals surface area contributed by atoms with Crippen molar-refractivity contribution in [1.29, 1.82) is 0 Å². The van der Waals surface area contributed by atoms with Crippen LogP contribution in [-0.2, 0) is 16.0 Å². The Bertz CT molecular complexity index is 406. The second kappa shape index (κ2) is 4.51. The van der Waals surface area contributed by atoms with Crippen LogP contribution in [0.1, 0.15) is 12.0 Å². The maximum Gasteiger partial charge on any atom is 0.305 e. The quantitative estimate of drug-likeness (QED) is 0.779. The highest BCUT2D eigenvalue weighted by molar-refractivity contribution is 5.70. The first-order chi connectivity index (χ1) is 7.70. The fourth-order valence-corrected chi connectivity index (χ4v) is 2.01. The topological polar surface area (TPSA) is 38.3 Å². The number of hydrogen-bond acceptors (Lipinski definition) is 3. The molecule has 0 saturated heterocycles. The van der Waals surface area contributed by atoms with Crippen molar-refractivity contribution < 1.29 is 13.9 Å². The van der Waals surface area contributed by atoms with Crippen LogP contribution >= 0.6 is 0 Å². The van der Waals surface area contributed by atoms with Gasteiger partial charge in [0.25, 0.3) is 0 Å². The monoisotopic (exact) mass is 223 g/mol. The highest BCUT2D eigenvalue weighted by Gasteiger charge is 2.23. The van der Waals surface area contributed by atoms with E-state index >= 15 is 0 Å². The lowest BCUT2D eigenvalue weighted by atomic mass is 9.91. The summed E-state index contributed by atoms with van der Waals surface area (Å²) in [6, 6.07) is 4.98. The number of benzene rings is 1. The van der Waals surface area contributed by atoms with E-state index in [9.17, 15) is 9.18 Å². The normalized spacial score (nSPS) is 18.5. The summed E-state index contributed by atoms with van der Waals surface area (Å²) in [7, 11) is 1.37. The molecular weight excluding hydrogens is 209 g/mol. The molecule has 0 bridgehead atoms. The molecule has 86 valence electrons. The largest absolute Gasteiger partial charge is 0.469 e. The molecule has 1 aromatic rings. The molecule has 2 rings (SSSR count). The van der Waals surface area contributed by atoms with Crippen LogP contribution < -0.4 is 5.32 Å². The van der Waals surface area contributed by atoms with Crippen LogP contribution in [0.25, 0.3) is 0 Å². The summed E-state index contributed by atoms with van der Waals surface area (Å²) in [5.74, 6) is -0.344. The van der Waals surface area contributed by atoms with Crippen LogP contribution in [0.2, 0.25) is 0 Å². The van der Waals surface area contributed by atoms with Crippen molar-refractivity contribution in [3.8, 4) is 0 Å². The van der Waals surface area contributed by atoms with E-state index in [1.807, 2.05) is 6.07 Å². The predicted molar refractivity (Wildman–Crippen MR) is 58.7 cm³/mol. The number of rotatable bonds is 2. The standard InChI is InChI=1S/C12H14FNO2/c1-16-12(15)6-8-5-9-10(13)3-2-4-11(9)14-7-8/h2-4,8,14H,5-7H2,1H3. The Hall–Kier alpha value is -1.58. The molecule has 0 amide bonds. The van der Waals surface area contributed by atoms with Crippen molar-refractivity contribution in [3.05, 3.63) is 29.6 Å². The van der Waals surface area contributed by atoms with Gasteiger partial charge < -0.3 is 10.1 Å². The number of esters is 1. The number of carbonyl (C=O) groups excluding carboxylic acids is 1. The highest BCUT2D eigenvalue weighted by Crippen LogP contribution is 2.28. The summed E-state index contributed by atoms with van der Waals surface area (Å²) in [4.78, 5) is 11.1. The van der Waals surface area contributed by atoms with Crippen LogP contribution in [0.3, 0.4) is 0 Å². The average Bonchev–Trinajstić information content (AvgIpc) is 2.30. The number of ether oxygens (including phenoxy) is 1. The number of carbonyl (C=O) groups is 1. The van der Waals surface area contributed by atoms with Crippen molar-refractivity contribution in [2.75, 3.05) is 19.0 Å². The lowest BCUT2D eigenvalue weighted by Gasteiger charge is -2.25. The molecule has 3 nitrogen and oxygen atoms in total. The Labute approximate surface area is 93.6 Å². The third kappa shape index (κ3) is 2.15. The third-order valence-corrected chi connectivity index (χ3v) is 2.88. The smallest absolute Gasteiger partial charge is 0.305 e. The third-order valence-electron chi connectivity index (χ3n) is 2.88. The Morgan fingerprint density at radius 2 is 2.44 bits per heavy atom. The van der Waals surface area contributed by atoms with Crippen molar-refractivity contribution in [2.45, 2.75) is 12.8 Å². The number of fused-ring (bicyclic) bond motifs is 1. The van der Waals surface area contributed by atoms with E-state index in [4.69, 9.17) is 0 Å². The van der Waals surface area contributed by atoms with Gasteiger partial charge in [0.05, 0.1) is 13.5 Å². The molecule has 0 saturated carbocycles. The van der Waals surface area contributed by atoms with Gasteiger partial charge in [-0.2, -0.15) is 0 Å². The molecule has 1 N–H and O–H groups in total.